The molecule has 3 nitrogen and oxygen atoms in total. The summed E-state index contributed by atoms with van der Waals surface area (Å²) in [5, 5.41) is 3.30. The molecule has 1 heterocycles. The summed E-state index contributed by atoms with van der Waals surface area (Å²) >= 11 is 0. The number of anilines is 1. The van der Waals surface area contributed by atoms with E-state index in [0.717, 1.165) is 45.0 Å². The third-order valence-electron chi connectivity index (χ3n) is 4.06. The van der Waals surface area contributed by atoms with Crippen LogP contribution in [0.4, 0.5) is 10.1 Å². The molecule has 1 aromatic rings. The van der Waals surface area contributed by atoms with Gasteiger partial charge < -0.3 is 15.0 Å². The van der Waals surface area contributed by atoms with Crippen molar-refractivity contribution in [3.05, 3.63) is 30.1 Å². The van der Waals surface area contributed by atoms with Gasteiger partial charge in [-0.05, 0) is 51.1 Å². The standard InChI is InChI=1S/C16H25FN2O/c1-3-19(15-7-5-14(17)6-8-15)12-16(11-18-2)9-4-10-20-13-16/h5-8,18H,3-4,9-13H2,1-2H3. The van der Waals surface area contributed by atoms with Crippen molar-refractivity contribution < 1.29 is 9.13 Å². The molecule has 1 fully saturated rings. The number of hydrogen-bond donors (Lipinski definition) is 1. The van der Waals surface area contributed by atoms with Crippen LogP contribution in [-0.4, -0.2) is 39.9 Å². The number of nitrogens with zero attached hydrogens (tertiary/aromatic N) is 1. The molecule has 1 unspecified atom stereocenters. The van der Waals surface area contributed by atoms with Gasteiger partial charge in [-0.2, -0.15) is 0 Å². The lowest BCUT2D eigenvalue weighted by Crippen LogP contribution is -2.48. The third-order valence-corrected chi connectivity index (χ3v) is 4.06. The average Bonchev–Trinajstić information content (AvgIpc) is 2.47. The van der Waals surface area contributed by atoms with E-state index in [4.69, 9.17) is 4.74 Å². The molecule has 2 rings (SSSR count). The highest BCUT2D eigenvalue weighted by Gasteiger charge is 2.34. The molecule has 0 spiro atoms. The molecule has 0 aliphatic carbocycles. The summed E-state index contributed by atoms with van der Waals surface area (Å²) < 4.78 is 18.8. The van der Waals surface area contributed by atoms with Gasteiger partial charge >= 0.3 is 0 Å². The molecule has 4 heteroatoms. The number of hydrogen-bond acceptors (Lipinski definition) is 3. The summed E-state index contributed by atoms with van der Waals surface area (Å²) in [5.41, 5.74) is 1.23. The first-order valence-electron chi connectivity index (χ1n) is 7.42. The normalized spacial score (nSPS) is 22.8. The largest absolute Gasteiger partial charge is 0.381 e. The van der Waals surface area contributed by atoms with Crippen molar-refractivity contribution in [2.45, 2.75) is 19.8 Å². The number of ether oxygens (including phenoxy) is 1. The van der Waals surface area contributed by atoms with E-state index >= 15 is 0 Å². The van der Waals surface area contributed by atoms with Crippen molar-refractivity contribution in [1.29, 1.82) is 0 Å². The Bertz CT molecular complexity index is 396. The molecular weight excluding hydrogens is 255 g/mol. The molecule has 1 aliphatic rings. The second-order valence-electron chi connectivity index (χ2n) is 5.68. The predicted octanol–water partition coefficient (Wildman–Crippen LogP) is 2.67. The summed E-state index contributed by atoms with van der Waals surface area (Å²) in [6.07, 6.45) is 2.29. The lowest BCUT2D eigenvalue weighted by Gasteiger charge is -2.41. The van der Waals surface area contributed by atoms with Crippen LogP contribution in [0.1, 0.15) is 19.8 Å². The maximum atomic E-state index is 13.1. The highest BCUT2D eigenvalue weighted by Crippen LogP contribution is 2.31. The third kappa shape index (κ3) is 3.70. The first kappa shape index (κ1) is 15.3. The van der Waals surface area contributed by atoms with Crippen LogP contribution in [0.2, 0.25) is 0 Å². The van der Waals surface area contributed by atoms with E-state index in [1.54, 1.807) is 0 Å². The van der Waals surface area contributed by atoms with Crippen molar-refractivity contribution in [2.24, 2.45) is 5.41 Å². The molecule has 1 saturated heterocycles. The van der Waals surface area contributed by atoms with Gasteiger partial charge in [0.1, 0.15) is 5.82 Å². The summed E-state index contributed by atoms with van der Waals surface area (Å²) in [7, 11) is 1.99. The highest BCUT2D eigenvalue weighted by molar-refractivity contribution is 5.46. The minimum absolute atomic E-state index is 0.150. The van der Waals surface area contributed by atoms with Crippen LogP contribution in [0.15, 0.2) is 24.3 Å². The maximum Gasteiger partial charge on any atom is 0.123 e. The minimum Gasteiger partial charge on any atom is -0.381 e. The average molecular weight is 280 g/mol. The van der Waals surface area contributed by atoms with Crippen molar-refractivity contribution in [2.75, 3.05) is 44.8 Å². The van der Waals surface area contributed by atoms with Crippen LogP contribution in [0, 0.1) is 11.2 Å². The fourth-order valence-corrected chi connectivity index (χ4v) is 3.05. The molecule has 0 radical (unpaired) electrons. The molecule has 112 valence electrons. The Kier molecular flexibility index (Phi) is 5.38. The SMILES string of the molecule is CCN(CC1(CNC)CCCOC1)c1ccc(F)cc1. The van der Waals surface area contributed by atoms with E-state index < -0.39 is 0 Å². The molecule has 1 aromatic carbocycles. The number of halogens is 1. The molecule has 20 heavy (non-hydrogen) atoms. The second-order valence-corrected chi connectivity index (χ2v) is 5.68. The fourth-order valence-electron chi connectivity index (χ4n) is 3.05. The van der Waals surface area contributed by atoms with E-state index in [2.05, 4.69) is 17.1 Å². The topological polar surface area (TPSA) is 24.5 Å². The molecule has 1 aliphatic heterocycles. The van der Waals surface area contributed by atoms with Gasteiger partial charge in [0.15, 0.2) is 0 Å². The van der Waals surface area contributed by atoms with Crippen molar-refractivity contribution >= 4 is 5.69 Å². The first-order chi connectivity index (χ1) is 9.69. The van der Waals surface area contributed by atoms with E-state index in [1.165, 1.54) is 18.6 Å². The van der Waals surface area contributed by atoms with Crippen LogP contribution >= 0.6 is 0 Å². The molecule has 0 saturated carbocycles. The van der Waals surface area contributed by atoms with Gasteiger partial charge in [0.25, 0.3) is 0 Å². The molecule has 0 aromatic heterocycles. The summed E-state index contributed by atoms with van der Waals surface area (Å²) in [6, 6.07) is 6.77. The summed E-state index contributed by atoms with van der Waals surface area (Å²) in [6.45, 7) is 6.61. The molecular formula is C16H25FN2O. The van der Waals surface area contributed by atoms with E-state index in [1.807, 2.05) is 19.2 Å². The van der Waals surface area contributed by atoms with Gasteiger partial charge in [0.05, 0.1) is 6.61 Å². The predicted molar refractivity (Wildman–Crippen MR) is 80.7 cm³/mol. The van der Waals surface area contributed by atoms with Gasteiger partial charge in [0.2, 0.25) is 0 Å². The van der Waals surface area contributed by atoms with E-state index in [0.29, 0.717) is 0 Å². The minimum atomic E-state index is -0.184. The van der Waals surface area contributed by atoms with E-state index in [9.17, 15) is 4.39 Å². The zero-order valence-corrected chi connectivity index (χ0v) is 12.5. The Morgan fingerprint density at radius 1 is 1.35 bits per heavy atom. The van der Waals surface area contributed by atoms with Crippen molar-refractivity contribution in [3.8, 4) is 0 Å². The molecule has 0 bridgehead atoms. The molecule has 1 atom stereocenters. The zero-order valence-electron chi connectivity index (χ0n) is 12.5. The van der Waals surface area contributed by atoms with Crippen LogP contribution in [0.25, 0.3) is 0 Å². The van der Waals surface area contributed by atoms with Gasteiger partial charge in [-0.15, -0.1) is 0 Å². The van der Waals surface area contributed by atoms with Crippen molar-refractivity contribution in [3.63, 3.8) is 0 Å². The van der Waals surface area contributed by atoms with Gasteiger partial charge in [-0.1, -0.05) is 0 Å². The first-order valence-corrected chi connectivity index (χ1v) is 7.42. The lowest BCUT2D eigenvalue weighted by atomic mass is 9.81. The number of benzene rings is 1. The van der Waals surface area contributed by atoms with Crippen LogP contribution in [0.3, 0.4) is 0 Å². The Morgan fingerprint density at radius 2 is 2.10 bits per heavy atom. The van der Waals surface area contributed by atoms with Gasteiger partial charge in [-0.3, -0.25) is 0 Å². The van der Waals surface area contributed by atoms with Gasteiger partial charge in [-0.25, -0.2) is 4.39 Å². The summed E-state index contributed by atoms with van der Waals surface area (Å²) in [4.78, 5) is 2.31. The lowest BCUT2D eigenvalue weighted by molar-refractivity contribution is -0.00224. The van der Waals surface area contributed by atoms with Crippen LogP contribution < -0.4 is 10.2 Å². The molecule has 1 N–H and O–H groups in total. The number of nitrogens with one attached hydrogen (secondary N) is 1. The van der Waals surface area contributed by atoms with Gasteiger partial charge in [0, 0.05) is 37.3 Å². The zero-order chi connectivity index (χ0) is 14.4. The Hall–Kier alpha value is -1.13. The maximum absolute atomic E-state index is 13.1. The second kappa shape index (κ2) is 7.04. The summed E-state index contributed by atoms with van der Waals surface area (Å²) in [5.74, 6) is -0.184. The Morgan fingerprint density at radius 3 is 2.65 bits per heavy atom. The Labute approximate surface area is 121 Å². The Balaban J connectivity index is 2.12. The highest BCUT2D eigenvalue weighted by atomic mass is 19.1. The monoisotopic (exact) mass is 280 g/mol. The quantitative estimate of drug-likeness (QED) is 0.867. The van der Waals surface area contributed by atoms with Crippen molar-refractivity contribution in [1.82, 2.24) is 5.32 Å². The van der Waals surface area contributed by atoms with Crippen LogP contribution in [0.5, 0.6) is 0 Å². The fraction of sp³-hybridized carbons (Fsp3) is 0.625. The van der Waals surface area contributed by atoms with E-state index in [-0.39, 0.29) is 11.2 Å². The number of rotatable bonds is 6. The molecule has 0 amide bonds. The van der Waals surface area contributed by atoms with Crippen LogP contribution in [-0.2, 0) is 4.74 Å². The smallest absolute Gasteiger partial charge is 0.123 e.